The third-order valence-corrected chi connectivity index (χ3v) is 1.79. The minimum Gasteiger partial charge on any atom is -0.463 e. The van der Waals surface area contributed by atoms with Crippen LogP contribution in [-0.4, -0.2) is 23.8 Å². The fourth-order valence-corrected chi connectivity index (χ4v) is 1.23. The van der Waals surface area contributed by atoms with Gasteiger partial charge in [0.05, 0.1) is 12.7 Å². The number of carbonyl (C=O) groups excluding carboxylic acids is 1. The van der Waals surface area contributed by atoms with Gasteiger partial charge in [0, 0.05) is 12.0 Å². The van der Waals surface area contributed by atoms with Crippen LogP contribution in [0.3, 0.4) is 0 Å². The first kappa shape index (κ1) is 13.2. The summed E-state index contributed by atoms with van der Waals surface area (Å²) in [5.41, 5.74) is 0.347. The molecular weight excluding hydrogens is 180 g/mol. The molecule has 0 spiro atoms. The van der Waals surface area contributed by atoms with Crippen molar-refractivity contribution in [2.75, 3.05) is 6.61 Å². The Kier molecular flexibility index (Phi) is 6.21. The van der Waals surface area contributed by atoms with Gasteiger partial charge in [-0.2, -0.15) is 0 Å². The van der Waals surface area contributed by atoms with Crippen LogP contribution in [0.4, 0.5) is 0 Å². The summed E-state index contributed by atoms with van der Waals surface area (Å²) in [6, 6.07) is 0. The third kappa shape index (κ3) is 5.75. The number of esters is 1. The predicted molar refractivity (Wildman–Crippen MR) is 55.9 cm³/mol. The Bertz CT molecular complexity index is 197. The molecule has 0 aromatic heterocycles. The molecule has 1 unspecified atom stereocenters. The molecule has 3 heteroatoms. The maximum atomic E-state index is 11.1. The Balaban J connectivity index is 3.87. The quantitative estimate of drug-likeness (QED) is 0.526. The fourth-order valence-electron chi connectivity index (χ4n) is 1.23. The smallest absolute Gasteiger partial charge is 0.333 e. The lowest BCUT2D eigenvalue weighted by Crippen LogP contribution is -2.15. The maximum Gasteiger partial charge on any atom is 0.333 e. The lowest BCUT2D eigenvalue weighted by Gasteiger charge is -2.13. The van der Waals surface area contributed by atoms with E-state index in [1.54, 1.807) is 6.92 Å². The van der Waals surface area contributed by atoms with E-state index in [2.05, 4.69) is 6.58 Å². The van der Waals surface area contributed by atoms with Crippen LogP contribution in [-0.2, 0) is 9.53 Å². The van der Waals surface area contributed by atoms with Gasteiger partial charge in [0.15, 0.2) is 0 Å². The van der Waals surface area contributed by atoms with E-state index in [-0.39, 0.29) is 0 Å². The van der Waals surface area contributed by atoms with Crippen molar-refractivity contribution in [2.45, 2.75) is 39.7 Å². The molecule has 1 atom stereocenters. The Labute approximate surface area is 85.8 Å². The Morgan fingerprint density at radius 1 is 1.50 bits per heavy atom. The van der Waals surface area contributed by atoms with E-state index in [1.165, 1.54) is 0 Å². The largest absolute Gasteiger partial charge is 0.463 e. The number of aliphatic hydroxyl groups is 1. The molecule has 0 aromatic carbocycles. The SMILES string of the molecule is C=C(CC(O)CC(C)C)C(=O)OCC. The van der Waals surface area contributed by atoms with Gasteiger partial charge in [0.1, 0.15) is 0 Å². The Morgan fingerprint density at radius 2 is 2.07 bits per heavy atom. The number of hydrogen-bond acceptors (Lipinski definition) is 3. The first-order valence-corrected chi connectivity index (χ1v) is 5.00. The Morgan fingerprint density at radius 3 is 2.50 bits per heavy atom. The standard InChI is InChI=1S/C11H20O3/c1-5-14-11(13)9(4)7-10(12)6-8(2)3/h8,10,12H,4-7H2,1-3H3. The van der Waals surface area contributed by atoms with Crippen molar-refractivity contribution in [3.63, 3.8) is 0 Å². The van der Waals surface area contributed by atoms with Crippen molar-refractivity contribution < 1.29 is 14.6 Å². The fraction of sp³-hybridized carbons (Fsp3) is 0.727. The van der Waals surface area contributed by atoms with Crippen LogP contribution < -0.4 is 0 Å². The summed E-state index contributed by atoms with van der Waals surface area (Å²) >= 11 is 0. The molecule has 0 heterocycles. The number of ether oxygens (including phenoxy) is 1. The molecular formula is C11H20O3. The van der Waals surface area contributed by atoms with Crippen molar-refractivity contribution in [1.29, 1.82) is 0 Å². The van der Waals surface area contributed by atoms with E-state index in [4.69, 9.17) is 4.74 Å². The molecule has 0 fully saturated rings. The van der Waals surface area contributed by atoms with Crippen LogP contribution in [0.15, 0.2) is 12.2 Å². The summed E-state index contributed by atoms with van der Waals surface area (Å²) in [7, 11) is 0. The van der Waals surface area contributed by atoms with Crippen molar-refractivity contribution in [3.05, 3.63) is 12.2 Å². The molecule has 0 rings (SSSR count). The number of hydrogen-bond donors (Lipinski definition) is 1. The van der Waals surface area contributed by atoms with E-state index in [0.717, 1.165) is 0 Å². The van der Waals surface area contributed by atoms with Gasteiger partial charge in [-0.1, -0.05) is 20.4 Å². The van der Waals surface area contributed by atoms with Crippen molar-refractivity contribution >= 4 is 5.97 Å². The van der Waals surface area contributed by atoms with Gasteiger partial charge >= 0.3 is 5.97 Å². The van der Waals surface area contributed by atoms with E-state index in [0.29, 0.717) is 30.9 Å². The van der Waals surface area contributed by atoms with Crippen molar-refractivity contribution in [3.8, 4) is 0 Å². The van der Waals surface area contributed by atoms with Crippen molar-refractivity contribution in [1.82, 2.24) is 0 Å². The van der Waals surface area contributed by atoms with Gasteiger partial charge in [0.25, 0.3) is 0 Å². The van der Waals surface area contributed by atoms with Crippen LogP contribution in [0.25, 0.3) is 0 Å². The highest BCUT2D eigenvalue weighted by Gasteiger charge is 2.14. The van der Waals surface area contributed by atoms with Crippen LogP contribution >= 0.6 is 0 Å². The molecule has 0 amide bonds. The van der Waals surface area contributed by atoms with Gasteiger partial charge < -0.3 is 9.84 Å². The summed E-state index contributed by atoms with van der Waals surface area (Å²) in [4.78, 5) is 11.1. The second-order valence-corrected chi connectivity index (χ2v) is 3.81. The highest BCUT2D eigenvalue weighted by Crippen LogP contribution is 2.12. The molecule has 3 nitrogen and oxygen atoms in total. The van der Waals surface area contributed by atoms with E-state index < -0.39 is 12.1 Å². The van der Waals surface area contributed by atoms with Gasteiger partial charge in [-0.15, -0.1) is 0 Å². The van der Waals surface area contributed by atoms with Crippen LogP contribution in [0.1, 0.15) is 33.6 Å². The average molecular weight is 200 g/mol. The normalized spacial score (nSPS) is 12.6. The molecule has 0 aliphatic heterocycles. The topological polar surface area (TPSA) is 46.5 Å². The van der Waals surface area contributed by atoms with Gasteiger partial charge in [0.2, 0.25) is 0 Å². The zero-order valence-electron chi connectivity index (χ0n) is 9.25. The number of carbonyl (C=O) groups is 1. The molecule has 0 aliphatic carbocycles. The molecule has 0 aliphatic rings. The zero-order chi connectivity index (χ0) is 11.1. The molecule has 1 N–H and O–H groups in total. The van der Waals surface area contributed by atoms with Crippen LogP contribution in [0.2, 0.25) is 0 Å². The minimum absolute atomic E-state index is 0.303. The minimum atomic E-state index is -0.494. The first-order chi connectivity index (χ1) is 6.47. The first-order valence-electron chi connectivity index (χ1n) is 5.00. The van der Waals surface area contributed by atoms with E-state index in [1.807, 2.05) is 13.8 Å². The lowest BCUT2D eigenvalue weighted by molar-refractivity contribution is -0.138. The molecule has 0 aromatic rings. The lowest BCUT2D eigenvalue weighted by atomic mass is 10.0. The summed E-state index contributed by atoms with van der Waals surface area (Å²) in [5, 5.41) is 9.54. The molecule has 0 radical (unpaired) electrons. The summed E-state index contributed by atoms with van der Waals surface area (Å²) in [6.45, 7) is 9.73. The van der Waals surface area contributed by atoms with Gasteiger partial charge in [-0.05, 0) is 19.3 Å². The molecule has 0 saturated heterocycles. The maximum absolute atomic E-state index is 11.1. The zero-order valence-corrected chi connectivity index (χ0v) is 9.25. The number of rotatable bonds is 6. The van der Waals surface area contributed by atoms with Crippen LogP contribution in [0, 0.1) is 5.92 Å². The third-order valence-electron chi connectivity index (χ3n) is 1.79. The van der Waals surface area contributed by atoms with E-state index >= 15 is 0 Å². The second-order valence-electron chi connectivity index (χ2n) is 3.81. The summed E-state index contributed by atoms with van der Waals surface area (Å²) in [6.07, 6.45) is 0.488. The van der Waals surface area contributed by atoms with Crippen molar-refractivity contribution in [2.24, 2.45) is 5.92 Å². The second kappa shape index (κ2) is 6.60. The Hall–Kier alpha value is -0.830. The molecule has 0 saturated carbocycles. The average Bonchev–Trinajstić information content (AvgIpc) is 2.02. The van der Waals surface area contributed by atoms with Gasteiger partial charge in [-0.3, -0.25) is 0 Å². The molecule has 0 bridgehead atoms. The van der Waals surface area contributed by atoms with E-state index in [9.17, 15) is 9.90 Å². The number of aliphatic hydroxyl groups excluding tert-OH is 1. The molecule has 82 valence electrons. The van der Waals surface area contributed by atoms with Crippen LogP contribution in [0.5, 0.6) is 0 Å². The molecule has 14 heavy (non-hydrogen) atoms. The monoisotopic (exact) mass is 200 g/mol. The summed E-state index contributed by atoms with van der Waals surface area (Å²) in [5.74, 6) is 0.00954. The summed E-state index contributed by atoms with van der Waals surface area (Å²) < 4.78 is 4.76. The van der Waals surface area contributed by atoms with Gasteiger partial charge in [-0.25, -0.2) is 4.79 Å². The highest BCUT2D eigenvalue weighted by molar-refractivity contribution is 5.87. The highest BCUT2D eigenvalue weighted by atomic mass is 16.5. The predicted octanol–water partition coefficient (Wildman–Crippen LogP) is 1.90.